The number of amides is 1. The zero-order chi connectivity index (χ0) is 28.9. The molecule has 4 aromatic rings. The first-order valence-corrected chi connectivity index (χ1v) is 15.0. The maximum Gasteiger partial charge on any atom is 0.249 e. The van der Waals surface area contributed by atoms with Crippen molar-refractivity contribution < 1.29 is 28.2 Å². The van der Waals surface area contributed by atoms with Crippen LogP contribution in [0.15, 0.2) is 78.3 Å². The maximum atomic E-state index is 13.7. The normalized spacial score (nSPS) is 13.7. The lowest BCUT2D eigenvalue weighted by atomic mass is 9.90. The molecule has 0 aliphatic carbocycles. The van der Waals surface area contributed by atoms with Crippen molar-refractivity contribution in [1.82, 2.24) is 10.3 Å². The number of phenolic OH excluding ortho intramolecular Hbond substituents is 1. The van der Waals surface area contributed by atoms with E-state index < -0.39 is 21.7 Å². The Morgan fingerprint density at radius 1 is 1.10 bits per heavy atom. The fourth-order valence-corrected chi connectivity index (χ4v) is 5.22. The quantitative estimate of drug-likeness (QED) is 0.166. The molecule has 0 aliphatic rings. The van der Waals surface area contributed by atoms with E-state index in [1.54, 1.807) is 56.6 Å². The molecule has 40 heavy (non-hydrogen) atoms. The number of aromatic hydroxyl groups is 1. The third kappa shape index (κ3) is 6.96. The molecule has 210 valence electrons. The van der Waals surface area contributed by atoms with Crippen LogP contribution in [-0.2, 0) is 20.4 Å². The molecule has 1 heterocycles. The van der Waals surface area contributed by atoms with E-state index >= 15 is 0 Å². The summed E-state index contributed by atoms with van der Waals surface area (Å²) < 4.78 is 30.8. The minimum Gasteiger partial charge on any atom is -0.506 e. The molecule has 0 aliphatic heterocycles. The molecule has 3 aromatic carbocycles. The van der Waals surface area contributed by atoms with Crippen molar-refractivity contribution in [3.63, 3.8) is 0 Å². The molecule has 4 rings (SSSR count). The largest absolute Gasteiger partial charge is 0.506 e. The summed E-state index contributed by atoms with van der Waals surface area (Å²) in [7, 11) is -2.10. The average Bonchev–Trinajstić information content (AvgIpc) is 3.47. The number of sulfonamides is 1. The van der Waals surface area contributed by atoms with Crippen molar-refractivity contribution in [2.24, 2.45) is 0 Å². The lowest BCUT2D eigenvalue weighted by Crippen LogP contribution is -2.50. The van der Waals surface area contributed by atoms with Gasteiger partial charge in [-0.1, -0.05) is 18.2 Å². The summed E-state index contributed by atoms with van der Waals surface area (Å²) in [5, 5.41) is 29.9. The number of hydrogen-bond donors (Lipinski definition) is 5. The van der Waals surface area contributed by atoms with Gasteiger partial charge < -0.3 is 20.3 Å². The third-order valence-corrected chi connectivity index (χ3v) is 7.71. The molecule has 5 N–H and O–H groups in total. The Hall–Kier alpha value is -3.97. The second-order valence-electron chi connectivity index (χ2n) is 9.27. The second-order valence-corrected chi connectivity index (χ2v) is 11.9. The van der Waals surface area contributed by atoms with Crippen LogP contribution in [0.4, 0.5) is 11.4 Å². The number of methoxy groups -OCH3 is 1. The molecular weight excluding hydrogens is 552 g/mol. The van der Waals surface area contributed by atoms with Crippen LogP contribution in [0, 0.1) is 0 Å². The lowest BCUT2D eigenvalue weighted by molar-refractivity contribution is -0.122. The number of anilines is 2. The first kappa shape index (κ1) is 29.0. The molecule has 0 radical (unpaired) electrons. The number of hydrogen-bond acceptors (Lipinski definition) is 9. The van der Waals surface area contributed by atoms with Gasteiger partial charge in [0.1, 0.15) is 22.0 Å². The number of carbonyl (C=O) groups excluding carboxylic acids is 1. The van der Waals surface area contributed by atoms with E-state index in [0.717, 1.165) is 16.8 Å². The number of nitrogens with one attached hydrogen (secondary N) is 3. The summed E-state index contributed by atoms with van der Waals surface area (Å²) in [6.07, 6.45) is 1.56. The van der Waals surface area contributed by atoms with Crippen molar-refractivity contribution in [2.45, 2.75) is 18.6 Å². The predicted molar refractivity (Wildman–Crippen MR) is 156 cm³/mol. The minimum absolute atomic E-state index is 0.0593. The number of aliphatic hydroxyl groups is 1. The summed E-state index contributed by atoms with van der Waals surface area (Å²) in [5.74, 6) is -0.0195. The average molecular weight is 583 g/mol. The molecule has 1 aromatic heterocycles. The standard InChI is InChI=1S/C28H30N4O6S2/c1-28(20-7-11-22(38-2)12-8-20,27(35)31-21-9-4-18(5-10-21)26-29-14-15-39-26)30-17-25(34)19-6-13-24(33)23(16-19)32-40(3,36)37/h4-16,25,30,32-34H,17H2,1-3H3,(H,31,35)/t25-,28?/m1/s1. The Kier molecular flexibility index (Phi) is 8.74. The molecule has 0 saturated heterocycles. The van der Waals surface area contributed by atoms with Crippen molar-refractivity contribution in [1.29, 1.82) is 0 Å². The van der Waals surface area contributed by atoms with Gasteiger partial charge in [-0.2, -0.15) is 0 Å². The molecule has 0 spiro atoms. The number of nitrogens with zero attached hydrogens (tertiary/aromatic N) is 1. The summed E-state index contributed by atoms with van der Waals surface area (Å²) in [4.78, 5) is 18.0. The van der Waals surface area contributed by atoms with Crippen LogP contribution in [0.2, 0.25) is 0 Å². The summed E-state index contributed by atoms with van der Waals surface area (Å²) in [6, 6.07) is 18.5. The molecule has 2 atom stereocenters. The monoisotopic (exact) mass is 582 g/mol. The van der Waals surface area contributed by atoms with E-state index in [-0.39, 0.29) is 23.9 Å². The highest BCUT2D eigenvalue weighted by Gasteiger charge is 2.35. The van der Waals surface area contributed by atoms with Crippen LogP contribution in [0.25, 0.3) is 10.6 Å². The maximum absolute atomic E-state index is 13.7. The van der Waals surface area contributed by atoms with E-state index in [1.165, 1.54) is 29.5 Å². The molecule has 10 nitrogen and oxygen atoms in total. The number of aromatic nitrogens is 1. The highest BCUT2D eigenvalue weighted by Crippen LogP contribution is 2.30. The van der Waals surface area contributed by atoms with Crippen LogP contribution in [0.1, 0.15) is 24.2 Å². The molecule has 0 saturated carbocycles. The number of carbonyl (C=O) groups is 1. The van der Waals surface area contributed by atoms with Crippen LogP contribution >= 0.6 is 11.3 Å². The number of phenols is 1. The minimum atomic E-state index is -3.65. The van der Waals surface area contributed by atoms with E-state index in [4.69, 9.17) is 4.74 Å². The number of rotatable bonds is 11. The van der Waals surface area contributed by atoms with Gasteiger partial charge in [-0.3, -0.25) is 14.8 Å². The van der Waals surface area contributed by atoms with Gasteiger partial charge in [0.15, 0.2) is 0 Å². The SMILES string of the molecule is COc1ccc(C(C)(NC[C@@H](O)c2ccc(O)c(NS(C)(=O)=O)c2)C(=O)Nc2ccc(-c3nccs3)cc2)cc1. The van der Waals surface area contributed by atoms with E-state index in [9.17, 15) is 23.4 Å². The van der Waals surface area contributed by atoms with Crippen LogP contribution in [0.3, 0.4) is 0 Å². The lowest BCUT2D eigenvalue weighted by Gasteiger charge is -2.31. The topological polar surface area (TPSA) is 150 Å². The fraction of sp³-hybridized carbons (Fsp3) is 0.214. The van der Waals surface area contributed by atoms with Crippen molar-refractivity contribution >= 4 is 38.6 Å². The second kappa shape index (κ2) is 12.0. The fourth-order valence-electron chi connectivity index (χ4n) is 4.02. The van der Waals surface area contributed by atoms with Crippen LogP contribution in [-0.4, -0.2) is 49.4 Å². The third-order valence-electron chi connectivity index (χ3n) is 6.29. The van der Waals surface area contributed by atoms with Crippen molar-refractivity contribution in [3.8, 4) is 22.1 Å². The number of thiazole rings is 1. The Morgan fingerprint density at radius 3 is 2.40 bits per heavy atom. The highest BCUT2D eigenvalue weighted by molar-refractivity contribution is 7.92. The van der Waals surface area contributed by atoms with Gasteiger partial charge in [-0.25, -0.2) is 13.4 Å². The van der Waals surface area contributed by atoms with Gasteiger partial charge in [0.25, 0.3) is 0 Å². The van der Waals surface area contributed by atoms with E-state index in [0.29, 0.717) is 22.6 Å². The Balaban J connectivity index is 1.56. The van der Waals surface area contributed by atoms with Gasteiger partial charge in [-0.15, -0.1) is 11.3 Å². The number of benzene rings is 3. The molecule has 0 fully saturated rings. The van der Waals surface area contributed by atoms with Crippen LogP contribution in [0.5, 0.6) is 11.5 Å². The predicted octanol–water partition coefficient (Wildman–Crippen LogP) is 4.07. The van der Waals surface area contributed by atoms with Crippen LogP contribution < -0.4 is 20.1 Å². The van der Waals surface area contributed by atoms with Gasteiger partial charge in [0.05, 0.1) is 25.2 Å². The molecular formula is C28H30N4O6S2. The number of aliphatic hydroxyl groups excluding tert-OH is 1. The van der Waals surface area contributed by atoms with E-state index in [1.807, 2.05) is 17.5 Å². The summed E-state index contributed by atoms with van der Waals surface area (Å²) in [5.41, 5.74) is 1.14. The zero-order valence-corrected chi connectivity index (χ0v) is 23.7. The molecule has 1 unspecified atom stereocenters. The first-order valence-electron chi connectivity index (χ1n) is 12.2. The van der Waals surface area contributed by atoms with Gasteiger partial charge >= 0.3 is 0 Å². The number of ether oxygens (including phenoxy) is 1. The zero-order valence-electron chi connectivity index (χ0n) is 22.1. The van der Waals surface area contributed by atoms with Crippen molar-refractivity contribution in [2.75, 3.05) is 29.9 Å². The Labute approximate surface area is 236 Å². The van der Waals surface area contributed by atoms with E-state index in [2.05, 4.69) is 20.3 Å². The summed E-state index contributed by atoms with van der Waals surface area (Å²) >= 11 is 1.52. The first-order chi connectivity index (χ1) is 19.0. The smallest absolute Gasteiger partial charge is 0.249 e. The Bertz CT molecular complexity index is 1560. The van der Waals surface area contributed by atoms with Gasteiger partial charge in [0.2, 0.25) is 15.9 Å². The molecule has 12 heteroatoms. The Morgan fingerprint density at radius 2 is 1.80 bits per heavy atom. The van der Waals surface area contributed by atoms with Gasteiger partial charge in [0, 0.05) is 29.4 Å². The molecule has 0 bridgehead atoms. The van der Waals surface area contributed by atoms with Crippen molar-refractivity contribution in [3.05, 3.63) is 89.4 Å². The molecule has 1 amide bonds. The highest BCUT2D eigenvalue weighted by atomic mass is 32.2. The van der Waals surface area contributed by atoms with Gasteiger partial charge in [-0.05, 0) is 66.6 Å². The summed E-state index contributed by atoms with van der Waals surface area (Å²) in [6.45, 7) is 1.64.